The topological polar surface area (TPSA) is 0 Å². The highest BCUT2D eigenvalue weighted by molar-refractivity contribution is 4.80. The summed E-state index contributed by atoms with van der Waals surface area (Å²) < 4.78 is 0. The van der Waals surface area contributed by atoms with E-state index in [1.54, 1.807) is 25.7 Å². The molecule has 2 aliphatic rings. The highest BCUT2D eigenvalue weighted by atomic mass is 14.3. The van der Waals surface area contributed by atoms with Gasteiger partial charge in [-0.15, -0.1) is 0 Å². The van der Waals surface area contributed by atoms with Crippen LogP contribution < -0.4 is 0 Å². The molecule has 2 aliphatic carbocycles. The van der Waals surface area contributed by atoms with Crippen molar-refractivity contribution < 1.29 is 0 Å². The summed E-state index contributed by atoms with van der Waals surface area (Å²) in [5.41, 5.74) is 0. The number of hydrogen-bond donors (Lipinski definition) is 0. The van der Waals surface area contributed by atoms with E-state index in [9.17, 15) is 0 Å². The maximum Gasteiger partial charge on any atom is -0.0386 e. The van der Waals surface area contributed by atoms with Crippen molar-refractivity contribution in [3.8, 4) is 0 Å². The van der Waals surface area contributed by atoms with Gasteiger partial charge in [0, 0.05) is 0 Å². The minimum absolute atomic E-state index is 1.13. The third kappa shape index (κ3) is 9.47. The third-order valence-corrected chi connectivity index (χ3v) is 6.97. The zero-order valence-corrected chi connectivity index (χ0v) is 16.7. The average molecular weight is 335 g/mol. The molecule has 2 rings (SSSR count). The zero-order valence-electron chi connectivity index (χ0n) is 16.7. The first-order chi connectivity index (χ1) is 12.0. The lowest BCUT2D eigenvalue weighted by Gasteiger charge is -2.37. The fraction of sp³-hybridized carbons (Fsp3) is 1.00. The summed E-state index contributed by atoms with van der Waals surface area (Å²) in [6, 6.07) is 0. The lowest BCUT2D eigenvalue weighted by Crippen LogP contribution is -2.25. The van der Waals surface area contributed by atoms with Gasteiger partial charge in [0.15, 0.2) is 0 Å². The molecule has 0 bridgehead atoms. The van der Waals surface area contributed by atoms with Crippen LogP contribution in [-0.2, 0) is 0 Å². The van der Waals surface area contributed by atoms with Gasteiger partial charge in [0.25, 0.3) is 0 Å². The van der Waals surface area contributed by atoms with Gasteiger partial charge in [-0.25, -0.2) is 0 Å². The molecule has 0 aromatic heterocycles. The Morgan fingerprint density at radius 2 is 0.417 bits per heavy atom. The van der Waals surface area contributed by atoms with Crippen molar-refractivity contribution in [2.45, 2.75) is 141 Å². The van der Waals surface area contributed by atoms with Gasteiger partial charge in [0.05, 0.1) is 0 Å². The van der Waals surface area contributed by atoms with Gasteiger partial charge in [-0.3, -0.25) is 0 Å². The van der Waals surface area contributed by atoms with Crippen LogP contribution in [0.3, 0.4) is 0 Å². The molecule has 0 spiro atoms. The summed E-state index contributed by atoms with van der Waals surface area (Å²) >= 11 is 0. The molecule has 0 amide bonds. The molecule has 0 radical (unpaired) electrons. The minimum atomic E-state index is 1.13. The molecular formula is C24H46. The Bertz CT molecular complexity index is 241. The van der Waals surface area contributed by atoms with E-state index in [1.165, 1.54) is 116 Å². The van der Waals surface area contributed by atoms with Gasteiger partial charge >= 0.3 is 0 Å². The Hall–Kier alpha value is 0. The Morgan fingerprint density at radius 1 is 0.208 bits per heavy atom. The average Bonchev–Trinajstić information content (AvgIpc) is 2.57. The van der Waals surface area contributed by atoms with E-state index in [-0.39, 0.29) is 0 Å². The van der Waals surface area contributed by atoms with Crippen LogP contribution in [0.1, 0.15) is 141 Å². The summed E-state index contributed by atoms with van der Waals surface area (Å²) in [4.78, 5) is 0. The predicted molar refractivity (Wildman–Crippen MR) is 109 cm³/mol. The molecule has 2 atom stereocenters. The first kappa shape index (κ1) is 20.3. The molecule has 0 saturated heterocycles. The van der Waals surface area contributed by atoms with E-state index >= 15 is 0 Å². The van der Waals surface area contributed by atoms with E-state index in [1.807, 2.05) is 0 Å². The van der Waals surface area contributed by atoms with Crippen molar-refractivity contribution in [2.75, 3.05) is 0 Å². The maximum atomic E-state index is 1.56. The lowest BCUT2D eigenvalue weighted by molar-refractivity contribution is 0.145. The molecule has 2 unspecified atom stereocenters. The van der Waals surface area contributed by atoms with E-state index in [0.29, 0.717) is 0 Å². The maximum absolute atomic E-state index is 1.56. The second kappa shape index (κ2) is 14.2. The van der Waals surface area contributed by atoms with Gasteiger partial charge < -0.3 is 0 Å². The molecule has 2 saturated carbocycles. The van der Waals surface area contributed by atoms with Crippen molar-refractivity contribution >= 4 is 0 Å². The molecule has 0 heteroatoms. The van der Waals surface area contributed by atoms with Crippen LogP contribution >= 0.6 is 0 Å². The lowest BCUT2D eigenvalue weighted by atomic mass is 9.69. The summed E-state index contributed by atoms with van der Waals surface area (Å²) in [6.07, 6.45) is 33.4. The van der Waals surface area contributed by atoms with Gasteiger partial charge in [-0.1, -0.05) is 128 Å². The van der Waals surface area contributed by atoms with Crippen LogP contribution in [0.4, 0.5) is 0 Å². The van der Waals surface area contributed by atoms with Crippen LogP contribution in [0.25, 0.3) is 0 Å². The second-order valence-corrected chi connectivity index (χ2v) is 9.04. The Kier molecular flexibility index (Phi) is 12.0. The number of fused-ring (bicyclic) bond motifs is 1. The molecule has 2 fully saturated rings. The van der Waals surface area contributed by atoms with E-state index in [4.69, 9.17) is 0 Å². The SMILES string of the molecule is C1CCCCCCCCCCC2CCC2CCCCCCCCC1. The molecule has 0 nitrogen and oxygen atoms in total. The minimum Gasteiger partial charge on any atom is -0.0533 e. The molecule has 0 heterocycles. The fourth-order valence-corrected chi connectivity index (χ4v) is 5.04. The van der Waals surface area contributed by atoms with Crippen molar-refractivity contribution in [3.05, 3.63) is 0 Å². The summed E-state index contributed by atoms with van der Waals surface area (Å²) in [6.45, 7) is 0. The van der Waals surface area contributed by atoms with E-state index in [0.717, 1.165) is 11.8 Å². The first-order valence-corrected chi connectivity index (χ1v) is 12.0. The smallest absolute Gasteiger partial charge is 0.0386 e. The normalized spacial score (nSPS) is 31.0. The Morgan fingerprint density at radius 3 is 0.625 bits per heavy atom. The Balaban J connectivity index is 1.55. The molecule has 0 aromatic carbocycles. The fourth-order valence-electron chi connectivity index (χ4n) is 5.04. The molecular weight excluding hydrogens is 288 g/mol. The summed E-state index contributed by atoms with van der Waals surface area (Å²) in [5, 5.41) is 0. The van der Waals surface area contributed by atoms with E-state index in [2.05, 4.69) is 0 Å². The van der Waals surface area contributed by atoms with Crippen LogP contribution in [-0.4, -0.2) is 0 Å². The Labute approximate surface area is 153 Å². The second-order valence-electron chi connectivity index (χ2n) is 9.04. The first-order valence-electron chi connectivity index (χ1n) is 12.0. The van der Waals surface area contributed by atoms with Crippen molar-refractivity contribution in [3.63, 3.8) is 0 Å². The third-order valence-electron chi connectivity index (χ3n) is 6.97. The zero-order chi connectivity index (χ0) is 16.7. The molecule has 24 heavy (non-hydrogen) atoms. The van der Waals surface area contributed by atoms with Crippen LogP contribution in [0.5, 0.6) is 0 Å². The molecule has 0 N–H and O–H groups in total. The number of hydrogen-bond acceptors (Lipinski definition) is 0. The van der Waals surface area contributed by atoms with Gasteiger partial charge in [-0.05, 0) is 24.7 Å². The van der Waals surface area contributed by atoms with Gasteiger partial charge in [0.1, 0.15) is 0 Å². The van der Waals surface area contributed by atoms with Gasteiger partial charge in [-0.2, -0.15) is 0 Å². The van der Waals surface area contributed by atoms with Gasteiger partial charge in [0.2, 0.25) is 0 Å². The van der Waals surface area contributed by atoms with E-state index < -0.39 is 0 Å². The highest BCUT2D eigenvalue weighted by Crippen LogP contribution is 2.41. The predicted octanol–water partition coefficient (Wildman–Crippen LogP) is 8.83. The summed E-state index contributed by atoms with van der Waals surface area (Å²) in [7, 11) is 0. The van der Waals surface area contributed by atoms with Crippen LogP contribution in [0.2, 0.25) is 0 Å². The molecule has 0 aliphatic heterocycles. The highest BCUT2D eigenvalue weighted by Gasteiger charge is 2.29. The van der Waals surface area contributed by atoms with Crippen molar-refractivity contribution in [1.82, 2.24) is 0 Å². The van der Waals surface area contributed by atoms with Crippen LogP contribution in [0, 0.1) is 11.8 Å². The van der Waals surface area contributed by atoms with Crippen molar-refractivity contribution in [1.29, 1.82) is 0 Å². The number of rotatable bonds is 0. The van der Waals surface area contributed by atoms with Crippen molar-refractivity contribution in [2.24, 2.45) is 11.8 Å². The molecule has 0 aromatic rings. The molecule has 142 valence electrons. The van der Waals surface area contributed by atoms with Crippen LogP contribution in [0.15, 0.2) is 0 Å². The monoisotopic (exact) mass is 334 g/mol. The quantitative estimate of drug-likeness (QED) is 0.415. The summed E-state index contributed by atoms with van der Waals surface area (Å²) in [5.74, 6) is 2.26. The largest absolute Gasteiger partial charge is 0.0533 e. The standard InChI is InChI=1S/C24H46/c1-2-4-6-8-10-12-14-16-18-20-24-22-21-23(24)19-17-15-13-11-9-7-5-3-1/h23-24H,1-22H2.